The van der Waals surface area contributed by atoms with Gasteiger partial charge in [-0.3, -0.25) is 0 Å². The van der Waals surface area contributed by atoms with Gasteiger partial charge in [-0.2, -0.15) is 9.61 Å². The predicted octanol–water partition coefficient (Wildman–Crippen LogP) is 4.50. The SMILES string of the molecule is Cc1cc(N2CC(C)CC(C)C2)n2nc(-c3ccccc3)c(C)c2n1. The fourth-order valence-corrected chi connectivity index (χ4v) is 4.17. The minimum absolute atomic E-state index is 0.706. The third-order valence-corrected chi connectivity index (χ3v) is 5.17. The summed E-state index contributed by atoms with van der Waals surface area (Å²) < 4.78 is 2.05. The van der Waals surface area contributed by atoms with E-state index in [1.54, 1.807) is 0 Å². The number of piperidine rings is 1. The van der Waals surface area contributed by atoms with Gasteiger partial charge in [-0.1, -0.05) is 44.2 Å². The first kappa shape index (κ1) is 16.1. The summed E-state index contributed by atoms with van der Waals surface area (Å²) in [6.45, 7) is 11.1. The Labute approximate surface area is 149 Å². The molecule has 4 heteroatoms. The highest BCUT2D eigenvalue weighted by atomic mass is 15.4. The summed E-state index contributed by atoms with van der Waals surface area (Å²) in [5, 5.41) is 4.96. The van der Waals surface area contributed by atoms with Gasteiger partial charge in [0.05, 0.1) is 5.69 Å². The predicted molar refractivity (Wildman–Crippen MR) is 103 cm³/mol. The van der Waals surface area contributed by atoms with Crippen LogP contribution in [0, 0.1) is 25.7 Å². The number of hydrogen-bond acceptors (Lipinski definition) is 3. The van der Waals surface area contributed by atoms with Crippen LogP contribution in [-0.4, -0.2) is 27.7 Å². The van der Waals surface area contributed by atoms with Gasteiger partial charge in [0, 0.05) is 36.0 Å². The molecule has 1 aromatic carbocycles. The first-order chi connectivity index (χ1) is 12.0. The van der Waals surface area contributed by atoms with Crippen molar-refractivity contribution in [1.29, 1.82) is 0 Å². The maximum Gasteiger partial charge on any atom is 0.161 e. The summed E-state index contributed by atoms with van der Waals surface area (Å²) in [7, 11) is 0. The highest BCUT2D eigenvalue weighted by Gasteiger charge is 2.25. The van der Waals surface area contributed by atoms with Crippen LogP contribution in [0.1, 0.15) is 31.5 Å². The number of aryl methyl sites for hydroxylation is 2. The largest absolute Gasteiger partial charge is 0.356 e. The number of fused-ring (bicyclic) bond motifs is 1. The normalized spacial score (nSPS) is 21.0. The maximum absolute atomic E-state index is 4.96. The smallest absolute Gasteiger partial charge is 0.161 e. The second kappa shape index (κ2) is 6.17. The van der Waals surface area contributed by atoms with Crippen molar-refractivity contribution in [3.63, 3.8) is 0 Å². The van der Waals surface area contributed by atoms with Gasteiger partial charge < -0.3 is 4.90 Å². The standard InChI is InChI=1S/C21H26N4/c1-14-10-15(2)13-24(12-14)19-11-16(3)22-21-17(4)20(23-25(19)21)18-8-6-5-7-9-18/h5-9,11,14-15H,10,12-13H2,1-4H3. The van der Waals surface area contributed by atoms with Crippen LogP contribution in [0.2, 0.25) is 0 Å². The third-order valence-electron chi connectivity index (χ3n) is 5.17. The Kier molecular flexibility index (Phi) is 3.98. The number of hydrogen-bond donors (Lipinski definition) is 0. The molecule has 1 aliphatic rings. The number of nitrogens with zero attached hydrogens (tertiary/aromatic N) is 4. The molecular weight excluding hydrogens is 308 g/mol. The summed E-state index contributed by atoms with van der Waals surface area (Å²) in [5.74, 6) is 2.58. The molecule has 3 aromatic rings. The molecule has 0 amide bonds. The molecule has 1 aliphatic heterocycles. The van der Waals surface area contributed by atoms with E-state index in [4.69, 9.17) is 10.1 Å². The third kappa shape index (κ3) is 2.90. The fourth-order valence-electron chi connectivity index (χ4n) is 4.17. The minimum atomic E-state index is 0.706. The van der Waals surface area contributed by atoms with Crippen LogP contribution in [-0.2, 0) is 0 Å². The van der Waals surface area contributed by atoms with Crippen LogP contribution in [0.5, 0.6) is 0 Å². The number of aromatic nitrogens is 3. The van der Waals surface area contributed by atoms with Crippen molar-refractivity contribution >= 4 is 11.5 Å². The van der Waals surface area contributed by atoms with Crippen molar-refractivity contribution in [1.82, 2.24) is 14.6 Å². The molecule has 0 N–H and O–H groups in total. The van der Waals surface area contributed by atoms with Crippen LogP contribution in [0.4, 0.5) is 5.82 Å². The van der Waals surface area contributed by atoms with E-state index in [9.17, 15) is 0 Å². The van der Waals surface area contributed by atoms with Crippen molar-refractivity contribution in [2.45, 2.75) is 34.1 Å². The van der Waals surface area contributed by atoms with Crippen LogP contribution in [0.25, 0.3) is 16.9 Å². The molecular formula is C21H26N4. The van der Waals surface area contributed by atoms with E-state index in [2.05, 4.69) is 67.4 Å². The van der Waals surface area contributed by atoms with Gasteiger partial charge in [0.25, 0.3) is 0 Å². The van der Waals surface area contributed by atoms with E-state index < -0.39 is 0 Å². The Hall–Kier alpha value is -2.36. The van der Waals surface area contributed by atoms with Crippen LogP contribution >= 0.6 is 0 Å². The molecule has 3 heterocycles. The summed E-state index contributed by atoms with van der Waals surface area (Å²) in [4.78, 5) is 7.28. The zero-order valence-electron chi connectivity index (χ0n) is 15.5. The quantitative estimate of drug-likeness (QED) is 0.692. The van der Waals surface area contributed by atoms with Gasteiger partial charge in [-0.15, -0.1) is 0 Å². The van der Waals surface area contributed by atoms with Crippen molar-refractivity contribution in [3.05, 3.63) is 47.7 Å². The molecule has 1 fully saturated rings. The molecule has 25 heavy (non-hydrogen) atoms. The van der Waals surface area contributed by atoms with Gasteiger partial charge in [0.15, 0.2) is 5.65 Å². The van der Waals surface area contributed by atoms with Crippen molar-refractivity contribution < 1.29 is 0 Å². The fraction of sp³-hybridized carbons (Fsp3) is 0.429. The van der Waals surface area contributed by atoms with Crippen molar-refractivity contribution in [2.75, 3.05) is 18.0 Å². The molecule has 0 bridgehead atoms. The molecule has 0 saturated carbocycles. The first-order valence-corrected chi connectivity index (χ1v) is 9.20. The molecule has 2 aromatic heterocycles. The second-order valence-corrected chi connectivity index (χ2v) is 7.68. The Morgan fingerprint density at radius 3 is 2.36 bits per heavy atom. The maximum atomic E-state index is 4.96. The second-order valence-electron chi connectivity index (χ2n) is 7.68. The molecule has 130 valence electrons. The Balaban J connectivity index is 1.88. The van der Waals surface area contributed by atoms with Gasteiger partial charge in [0.2, 0.25) is 0 Å². The zero-order chi connectivity index (χ0) is 17.6. The van der Waals surface area contributed by atoms with Crippen molar-refractivity contribution in [2.24, 2.45) is 11.8 Å². The van der Waals surface area contributed by atoms with Crippen molar-refractivity contribution in [3.8, 4) is 11.3 Å². The van der Waals surface area contributed by atoms with Gasteiger partial charge in [-0.25, -0.2) is 4.98 Å². The first-order valence-electron chi connectivity index (χ1n) is 9.20. The number of benzene rings is 1. The molecule has 4 nitrogen and oxygen atoms in total. The molecule has 2 atom stereocenters. The lowest BCUT2D eigenvalue weighted by Crippen LogP contribution is -2.39. The van der Waals surface area contributed by atoms with Crippen LogP contribution < -0.4 is 4.90 Å². The Morgan fingerprint density at radius 1 is 1.00 bits per heavy atom. The lowest BCUT2D eigenvalue weighted by Gasteiger charge is -2.36. The Bertz CT molecular complexity index is 887. The zero-order valence-corrected chi connectivity index (χ0v) is 15.5. The highest BCUT2D eigenvalue weighted by Crippen LogP contribution is 2.30. The summed E-state index contributed by atoms with van der Waals surface area (Å²) in [6.07, 6.45) is 1.30. The molecule has 0 spiro atoms. The highest BCUT2D eigenvalue weighted by molar-refractivity contribution is 5.71. The lowest BCUT2D eigenvalue weighted by molar-refractivity contribution is 0.354. The van der Waals surface area contributed by atoms with E-state index in [1.807, 2.05) is 6.07 Å². The number of anilines is 1. The average molecular weight is 334 g/mol. The summed E-state index contributed by atoms with van der Waals surface area (Å²) in [5.41, 5.74) is 5.34. The molecule has 4 rings (SSSR count). The summed E-state index contributed by atoms with van der Waals surface area (Å²) >= 11 is 0. The van der Waals surface area contributed by atoms with E-state index in [-0.39, 0.29) is 0 Å². The number of rotatable bonds is 2. The van der Waals surface area contributed by atoms with Gasteiger partial charge in [0.1, 0.15) is 5.82 Å². The van der Waals surface area contributed by atoms with E-state index in [1.165, 1.54) is 12.2 Å². The monoisotopic (exact) mass is 334 g/mol. The topological polar surface area (TPSA) is 33.4 Å². The summed E-state index contributed by atoms with van der Waals surface area (Å²) in [6, 6.07) is 12.6. The van der Waals surface area contributed by atoms with E-state index in [0.29, 0.717) is 11.8 Å². The molecule has 0 radical (unpaired) electrons. The van der Waals surface area contributed by atoms with Crippen LogP contribution in [0.15, 0.2) is 36.4 Å². The molecule has 0 aliphatic carbocycles. The average Bonchev–Trinajstić information content (AvgIpc) is 2.91. The molecule has 2 unspecified atom stereocenters. The van der Waals surface area contributed by atoms with E-state index >= 15 is 0 Å². The molecule has 1 saturated heterocycles. The Morgan fingerprint density at radius 2 is 1.68 bits per heavy atom. The van der Waals surface area contributed by atoms with Gasteiger partial charge >= 0.3 is 0 Å². The minimum Gasteiger partial charge on any atom is -0.356 e. The lowest BCUT2D eigenvalue weighted by atomic mass is 9.92. The van der Waals surface area contributed by atoms with Gasteiger partial charge in [-0.05, 0) is 32.1 Å². The van der Waals surface area contributed by atoms with E-state index in [0.717, 1.165) is 41.3 Å². The van der Waals surface area contributed by atoms with Crippen LogP contribution in [0.3, 0.4) is 0 Å².